The smallest absolute Gasteiger partial charge is 0.172 e. The molecular formula is C8H11N3O. The van der Waals surface area contributed by atoms with Crippen molar-refractivity contribution in [3.63, 3.8) is 0 Å². The molecule has 0 aliphatic heterocycles. The summed E-state index contributed by atoms with van der Waals surface area (Å²) in [6.45, 7) is 0. The van der Waals surface area contributed by atoms with Gasteiger partial charge in [0.1, 0.15) is 5.69 Å². The summed E-state index contributed by atoms with van der Waals surface area (Å²) in [4.78, 5) is 10.5. The molecule has 2 rings (SSSR count). The first-order valence-electron chi connectivity index (χ1n) is 4.27. The molecule has 1 saturated carbocycles. The van der Waals surface area contributed by atoms with Gasteiger partial charge in [-0.25, -0.2) is 0 Å². The summed E-state index contributed by atoms with van der Waals surface area (Å²) in [5.41, 5.74) is 1.35. The molecule has 0 spiro atoms. The van der Waals surface area contributed by atoms with E-state index in [-0.39, 0.29) is 0 Å². The van der Waals surface area contributed by atoms with E-state index in [0.717, 1.165) is 24.8 Å². The average molecular weight is 165 g/mol. The van der Waals surface area contributed by atoms with Crippen LogP contribution in [0.15, 0.2) is 0 Å². The number of carbonyl (C=O) groups excluding carboxylic acids is 1. The SMILES string of the molecule is O=Cc1n[nH]nc1C1CCCC1. The Morgan fingerprint density at radius 2 is 2.08 bits per heavy atom. The molecule has 4 nitrogen and oxygen atoms in total. The minimum Gasteiger partial charge on any atom is -0.296 e. The molecule has 1 aromatic rings. The Morgan fingerprint density at radius 3 is 2.75 bits per heavy atom. The van der Waals surface area contributed by atoms with E-state index in [9.17, 15) is 4.79 Å². The lowest BCUT2D eigenvalue weighted by atomic mass is 10.0. The Balaban J connectivity index is 2.25. The van der Waals surface area contributed by atoms with Crippen LogP contribution in [-0.4, -0.2) is 21.7 Å². The molecule has 64 valence electrons. The lowest BCUT2D eigenvalue weighted by Gasteiger charge is -2.02. The quantitative estimate of drug-likeness (QED) is 0.671. The van der Waals surface area contributed by atoms with E-state index in [1.165, 1.54) is 12.8 Å². The third kappa shape index (κ3) is 1.13. The molecule has 0 aromatic carbocycles. The maximum absolute atomic E-state index is 10.5. The second-order valence-electron chi connectivity index (χ2n) is 3.19. The molecule has 0 atom stereocenters. The number of carbonyl (C=O) groups is 1. The number of aldehydes is 1. The average Bonchev–Trinajstić information content (AvgIpc) is 2.74. The fourth-order valence-corrected chi connectivity index (χ4v) is 1.83. The van der Waals surface area contributed by atoms with Crippen molar-refractivity contribution in [1.29, 1.82) is 0 Å². The van der Waals surface area contributed by atoms with Crippen LogP contribution < -0.4 is 0 Å². The van der Waals surface area contributed by atoms with Gasteiger partial charge in [-0.3, -0.25) is 4.79 Å². The van der Waals surface area contributed by atoms with Crippen molar-refractivity contribution in [3.8, 4) is 0 Å². The van der Waals surface area contributed by atoms with Crippen LogP contribution in [-0.2, 0) is 0 Å². The highest BCUT2D eigenvalue weighted by Gasteiger charge is 2.22. The second-order valence-corrected chi connectivity index (χ2v) is 3.19. The fraction of sp³-hybridized carbons (Fsp3) is 0.625. The summed E-state index contributed by atoms with van der Waals surface area (Å²) in [5, 5.41) is 10.3. The Morgan fingerprint density at radius 1 is 1.33 bits per heavy atom. The number of rotatable bonds is 2. The molecule has 1 aromatic heterocycles. The normalized spacial score (nSPS) is 18.3. The second kappa shape index (κ2) is 3.05. The minimum atomic E-state index is 0.462. The molecule has 0 bridgehead atoms. The van der Waals surface area contributed by atoms with Gasteiger partial charge in [-0.05, 0) is 12.8 Å². The maximum atomic E-state index is 10.5. The lowest BCUT2D eigenvalue weighted by molar-refractivity contribution is 0.111. The van der Waals surface area contributed by atoms with Gasteiger partial charge in [0.15, 0.2) is 6.29 Å². The Hall–Kier alpha value is -1.19. The minimum absolute atomic E-state index is 0.462. The summed E-state index contributed by atoms with van der Waals surface area (Å²) < 4.78 is 0. The van der Waals surface area contributed by atoms with Gasteiger partial charge in [0.05, 0.1) is 5.69 Å². The van der Waals surface area contributed by atoms with E-state index < -0.39 is 0 Å². The van der Waals surface area contributed by atoms with Crippen molar-refractivity contribution in [3.05, 3.63) is 11.4 Å². The molecule has 12 heavy (non-hydrogen) atoms. The molecule has 1 aliphatic rings. The number of nitrogens with one attached hydrogen (secondary N) is 1. The first kappa shape index (κ1) is 7.46. The van der Waals surface area contributed by atoms with Gasteiger partial charge in [-0.2, -0.15) is 15.4 Å². The first-order chi connectivity index (χ1) is 5.92. The summed E-state index contributed by atoms with van der Waals surface area (Å²) in [6, 6.07) is 0. The van der Waals surface area contributed by atoms with Crippen LogP contribution in [0.5, 0.6) is 0 Å². The topological polar surface area (TPSA) is 58.6 Å². The molecule has 0 radical (unpaired) electrons. The van der Waals surface area contributed by atoms with E-state index >= 15 is 0 Å². The molecule has 1 heterocycles. The summed E-state index contributed by atoms with van der Waals surface area (Å²) in [7, 11) is 0. The zero-order chi connectivity index (χ0) is 8.39. The van der Waals surface area contributed by atoms with Crippen molar-refractivity contribution >= 4 is 6.29 Å². The molecule has 0 saturated heterocycles. The monoisotopic (exact) mass is 165 g/mol. The first-order valence-corrected chi connectivity index (χ1v) is 4.27. The van der Waals surface area contributed by atoms with Gasteiger partial charge < -0.3 is 0 Å². The van der Waals surface area contributed by atoms with E-state index in [1.807, 2.05) is 0 Å². The summed E-state index contributed by atoms with van der Waals surface area (Å²) in [5.74, 6) is 0.462. The zero-order valence-corrected chi connectivity index (χ0v) is 6.79. The largest absolute Gasteiger partial charge is 0.296 e. The molecule has 1 fully saturated rings. The van der Waals surface area contributed by atoms with E-state index in [1.54, 1.807) is 0 Å². The van der Waals surface area contributed by atoms with Gasteiger partial charge in [0, 0.05) is 5.92 Å². The third-order valence-electron chi connectivity index (χ3n) is 2.46. The number of hydrogen-bond acceptors (Lipinski definition) is 3. The Bertz CT molecular complexity index is 276. The van der Waals surface area contributed by atoms with E-state index in [4.69, 9.17) is 0 Å². The van der Waals surface area contributed by atoms with Crippen molar-refractivity contribution in [2.24, 2.45) is 0 Å². The standard InChI is InChI=1S/C8H11N3O/c12-5-7-8(10-11-9-7)6-3-1-2-4-6/h5-6H,1-4H2,(H,9,10,11). The zero-order valence-electron chi connectivity index (χ0n) is 6.79. The number of H-pyrrole nitrogens is 1. The van der Waals surface area contributed by atoms with Gasteiger partial charge in [0.2, 0.25) is 0 Å². The highest BCUT2D eigenvalue weighted by Crippen LogP contribution is 2.33. The number of nitrogens with zero attached hydrogens (tertiary/aromatic N) is 2. The third-order valence-corrected chi connectivity index (χ3v) is 2.46. The number of aromatic nitrogens is 3. The fourth-order valence-electron chi connectivity index (χ4n) is 1.83. The van der Waals surface area contributed by atoms with Gasteiger partial charge in [-0.15, -0.1) is 0 Å². The van der Waals surface area contributed by atoms with Crippen LogP contribution in [0, 0.1) is 0 Å². The van der Waals surface area contributed by atoms with Crippen LogP contribution in [0.4, 0.5) is 0 Å². The molecule has 4 heteroatoms. The van der Waals surface area contributed by atoms with Crippen LogP contribution in [0.25, 0.3) is 0 Å². The van der Waals surface area contributed by atoms with Gasteiger partial charge in [-0.1, -0.05) is 12.8 Å². The molecule has 0 amide bonds. The summed E-state index contributed by atoms with van der Waals surface area (Å²) in [6.07, 6.45) is 5.56. The number of hydrogen-bond donors (Lipinski definition) is 1. The van der Waals surface area contributed by atoms with Crippen LogP contribution in [0.1, 0.15) is 47.8 Å². The Kier molecular flexibility index (Phi) is 1.89. The van der Waals surface area contributed by atoms with Crippen molar-refractivity contribution < 1.29 is 4.79 Å². The van der Waals surface area contributed by atoms with Gasteiger partial charge in [0.25, 0.3) is 0 Å². The van der Waals surface area contributed by atoms with Crippen LogP contribution in [0.2, 0.25) is 0 Å². The van der Waals surface area contributed by atoms with Gasteiger partial charge >= 0.3 is 0 Å². The molecule has 1 aliphatic carbocycles. The van der Waals surface area contributed by atoms with E-state index in [0.29, 0.717) is 11.6 Å². The van der Waals surface area contributed by atoms with Crippen LogP contribution in [0.3, 0.4) is 0 Å². The predicted octanol–water partition coefficient (Wildman–Crippen LogP) is 1.27. The number of aromatic amines is 1. The highest BCUT2D eigenvalue weighted by atomic mass is 16.1. The Labute approximate surface area is 70.4 Å². The molecule has 1 N–H and O–H groups in total. The van der Waals surface area contributed by atoms with Crippen LogP contribution >= 0.6 is 0 Å². The highest BCUT2D eigenvalue weighted by molar-refractivity contribution is 5.73. The molecule has 0 unspecified atom stereocenters. The predicted molar refractivity (Wildman–Crippen MR) is 43.0 cm³/mol. The van der Waals surface area contributed by atoms with E-state index in [2.05, 4.69) is 15.4 Å². The molecular weight excluding hydrogens is 154 g/mol. The maximum Gasteiger partial charge on any atom is 0.172 e. The van der Waals surface area contributed by atoms with Crippen molar-refractivity contribution in [2.45, 2.75) is 31.6 Å². The van der Waals surface area contributed by atoms with Crippen molar-refractivity contribution in [1.82, 2.24) is 15.4 Å². The summed E-state index contributed by atoms with van der Waals surface area (Å²) >= 11 is 0. The lowest BCUT2D eigenvalue weighted by Crippen LogP contribution is -1.97. The van der Waals surface area contributed by atoms with Crippen molar-refractivity contribution in [2.75, 3.05) is 0 Å².